The first-order valence-electron chi connectivity index (χ1n) is 5.97. The summed E-state index contributed by atoms with van der Waals surface area (Å²) < 4.78 is 1.72. The zero-order chi connectivity index (χ0) is 13.0. The molecule has 1 rings (SSSR count). The number of rotatable bonds is 5. The Kier molecular flexibility index (Phi) is 4.69. The smallest absolute Gasteiger partial charge is 0.238 e. The zero-order valence-electron chi connectivity index (χ0n) is 11.2. The van der Waals surface area contributed by atoms with Crippen LogP contribution in [0.3, 0.4) is 0 Å². The van der Waals surface area contributed by atoms with Crippen LogP contribution in [0.2, 0.25) is 0 Å². The first-order valence-corrected chi connectivity index (χ1v) is 5.97. The average Bonchev–Trinajstić information content (AvgIpc) is 2.56. The van der Waals surface area contributed by atoms with E-state index in [-0.39, 0.29) is 5.91 Å². The molecule has 0 aliphatic rings. The molecule has 2 N–H and O–H groups in total. The first kappa shape index (κ1) is 13.7. The van der Waals surface area contributed by atoms with Gasteiger partial charge in [-0.1, -0.05) is 27.7 Å². The Morgan fingerprint density at radius 1 is 1.41 bits per heavy atom. The standard InChI is InChI=1S/C12H22N4O/c1-8(2)12-10(7-16(5)15-12)14-11(17)6-13-9(3)4/h7-9,13H,6H2,1-5H3,(H,14,17). The maximum atomic E-state index is 11.7. The summed E-state index contributed by atoms with van der Waals surface area (Å²) in [6.45, 7) is 8.46. The van der Waals surface area contributed by atoms with Gasteiger partial charge in [0.15, 0.2) is 0 Å². The molecule has 1 heterocycles. The Hall–Kier alpha value is -1.36. The molecular formula is C12H22N4O. The van der Waals surface area contributed by atoms with Crippen LogP contribution in [0.1, 0.15) is 39.3 Å². The highest BCUT2D eigenvalue weighted by molar-refractivity contribution is 5.92. The molecule has 0 aliphatic heterocycles. The van der Waals surface area contributed by atoms with Crippen molar-refractivity contribution in [1.82, 2.24) is 15.1 Å². The van der Waals surface area contributed by atoms with Gasteiger partial charge in [-0.25, -0.2) is 0 Å². The number of aromatic nitrogens is 2. The second kappa shape index (κ2) is 5.82. The largest absolute Gasteiger partial charge is 0.322 e. The fourth-order valence-electron chi connectivity index (χ4n) is 1.52. The number of anilines is 1. The van der Waals surface area contributed by atoms with Crippen LogP contribution in [-0.4, -0.2) is 28.3 Å². The molecule has 0 saturated carbocycles. The third-order valence-electron chi connectivity index (χ3n) is 2.35. The van der Waals surface area contributed by atoms with E-state index in [1.807, 2.05) is 27.1 Å². The minimum atomic E-state index is -0.0337. The van der Waals surface area contributed by atoms with E-state index >= 15 is 0 Å². The van der Waals surface area contributed by atoms with E-state index in [9.17, 15) is 4.79 Å². The fourth-order valence-corrected chi connectivity index (χ4v) is 1.52. The van der Waals surface area contributed by atoms with E-state index in [1.165, 1.54) is 0 Å². The van der Waals surface area contributed by atoms with Crippen molar-refractivity contribution in [3.8, 4) is 0 Å². The molecule has 5 nitrogen and oxygen atoms in total. The minimum absolute atomic E-state index is 0.0337. The maximum absolute atomic E-state index is 11.7. The van der Waals surface area contributed by atoms with Crippen molar-refractivity contribution in [2.75, 3.05) is 11.9 Å². The molecule has 96 valence electrons. The van der Waals surface area contributed by atoms with Crippen molar-refractivity contribution in [1.29, 1.82) is 0 Å². The van der Waals surface area contributed by atoms with Gasteiger partial charge >= 0.3 is 0 Å². The molecule has 0 atom stereocenters. The van der Waals surface area contributed by atoms with Gasteiger partial charge < -0.3 is 10.6 Å². The van der Waals surface area contributed by atoms with Crippen LogP contribution < -0.4 is 10.6 Å². The Balaban J connectivity index is 2.64. The summed E-state index contributed by atoms with van der Waals surface area (Å²) in [6.07, 6.45) is 1.84. The Morgan fingerprint density at radius 3 is 2.59 bits per heavy atom. The molecule has 1 amide bonds. The van der Waals surface area contributed by atoms with E-state index < -0.39 is 0 Å². The number of nitrogens with one attached hydrogen (secondary N) is 2. The van der Waals surface area contributed by atoms with Crippen molar-refractivity contribution in [2.24, 2.45) is 7.05 Å². The van der Waals surface area contributed by atoms with E-state index in [4.69, 9.17) is 0 Å². The van der Waals surface area contributed by atoms with Crippen molar-refractivity contribution >= 4 is 11.6 Å². The van der Waals surface area contributed by atoms with Gasteiger partial charge in [0.1, 0.15) is 0 Å². The van der Waals surface area contributed by atoms with Crippen LogP contribution in [0, 0.1) is 0 Å². The molecule has 0 saturated heterocycles. The zero-order valence-corrected chi connectivity index (χ0v) is 11.2. The van der Waals surface area contributed by atoms with Gasteiger partial charge in [0, 0.05) is 19.3 Å². The highest BCUT2D eigenvalue weighted by atomic mass is 16.1. The van der Waals surface area contributed by atoms with E-state index in [1.54, 1.807) is 4.68 Å². The summed E-state index contributed by atoms with van der Waals surface area (Å²) in [5, 5.41) is 10.3. The molecule has 17 heavy (non-hydrogen) atoms. The van der Waals surface area contributed by atoms with Gasteiger partial charge in [-0.3, -0.25) is 9.48 Å². The quantitative estimate of drug-likeness (QED) is 0.817. The highest BCUT2D eigenvalue weighted by Crippen LogP contribution is 2.21. The number of amides is 1. The molecular weight excluding hydrogens is 216 g/mol. The molecule has 0 aliphatic carbocycles. The molecule has 0 radical (unpaired) electrons. The van der Waals surface area contributed by atoms with Gasteiger partial charge in [0.25, 0.3) is 0 Å². The molecule has 0 spiro atoms. The molecule has 0 fully saturated rings. The monoisotopic (exact) mass is 238 g/mol. The lowest BCUT2D eigenvalue weighted by Crippen LogP contribution is -2.32. The van der Waals surface area contributed by atoms with Crippen molar-refractivity contribution in [3.05, 3.63) is 11.9 Å². The second-order valence-electron chi connectivity index (χ2n) is 4.84. The molecule has 0 unspecified atom stereocenters. The van der Waals surface area contributed by atoms with Crippen molar-refractivity contribution in [3.63, 3.8) is 0 Å². The first-order chi connectivity index (χ1) is 7.90. The van der Waals surface area contributed by atoms with Crippen LogP contribution in [0.25, 0.3) is 0 Å². The third kappa shape index (κ3) is 4.19. The van der Waals surface area contributed by atoms with Gasteiger partial charge in [0.05, 0.1) is 17.9 Å². The summed E-state index contributed by atoms with van der Waals surface area (Å²) in [6, 6.07) is 0.305. The molecule has 5 heteroatoms. The Morgan fingerprint density at radius 2 is 2.06 bits per heavy atom. The summed E-state index contributed by atoms with van der Waals surface area (Å²) in [7, 11) is 1.86. The van der Waals surface area contributed by atoms with Crippen LogP contribution in [0.15, 0.2) is 6.20 Å². The minimum Gasteiger partial charge on any atom is -0.322 e. The predicted molar refractivity (Wildman–Crippen MR) is 69.1 cm³/mol. The molecule has 0 aromatic carbocycles. The Bertz CT molecular complexity index is 382. The van der Waals surface area contributed by atoms with E-state index in [0.29, 0.717) is 18.5 Å². The van der Waals surface area contributed by atoms with E-state index in [0.717, 1.165) is 11.4 Å². The van der Waals surface area contributed by atoms with Crippen LogP contribution >= 0.6 is 0 Å². The van der Waals surface area contributed by atoms with Crippen molar-refractivity contribution < 1.29 is 4.79 Å². The summed E-state index contributed by atoms with van der Waals surface area (Å²) in [4.78, 5) is 11.7. The average molecular weight is 238 g/mol. The van der Waals surface area contributed by atoms with Gasteiger partial charge in [-0.05, 0) is 5.92 Å². The normalized spacial score (nSPS) is 11.2. The molecule has 1 aromatic heterocycles. The fraction of sp³-hybridized carbons (Fsp3) is 0.667. The number of hydrogen-bond donors (Lipinski definition) is 2. The summed E-state index contributed by atoms with van der Waals surface area (Å²) in [5.74, 6) is 0.262. The number of nitrogens with zero attached hydrogens (tertiary/aromatic N) is 2. The van der Waals surface area contributed by atoms with Crippen molar-refractivity contribution in [2.45, 2.75) is 39.7 Å². The lowest BCUT2D eigenvalue weighted by atomic mass is 10.1. The Labute approximate surface area is 103 Å². The summed E-state index contributed by atoms with van der Waals surface area (Å²) in [5.41, 5.74) is 1.73. The SMILES string of the molecule is CC(C)NCC(=O)Nc1cn(C)nc1C(C)C. The maximum Gasteiger partial charge on any atom is 0.238 e. The second-order valence-corrected chi connectivity index (χ2v) is 4.84. The van der Waals surface area contributed by atoms with Crippen LogP contribution in [0.4, 0.5) is 5.69 Å². The van der Waals surface area contributed by atoms with Crippen LogP contribution in [0.5, 0.6) is 0 Å². The lowest BCUT2D eigenvalue weighted by Gasteiger charge is -2.09. The number of carbonyl (C=O) groups is 1. The molecule has 0 bridgehead atoms. The van der Waals surface area contributed by atoms with E-state index in [2.05, 4.69) is 29.6 Å². The molecule has 1 aromatic rings. The van der Waals surface area contributed by atoms with Gasteiger partial charge in [0.2, 0.25) is 5.91 Å². The van der Waals surface area contributed by atoms with Gasteiger partial charge in [-0.15, -0.1) is 0 Å². The van der Waals surface area contributed by atoms with Crippen LogP contribution in [-0.2, 0) is 11.8 Å². The third-order valence-corrected chi connectivity index (χ3v) is 2.35. The summed E-state index contributed by atoms with van der Waals surface area (Å²) >= 11 is 0. The number of aryl methyl sites for hydroxylation is 1. The number of carbonyl (C=O) groups excluding carboxylic acids is 1. The topological polar surface area (TPSA) is 59.0 Å². The van der Waals surface area contributed by atoms with Gasteiger partial charge in [-0.2, -0.15) is 5.10 Å². The highest BCUT2D eigenvalue weighted by Gasteiger charge is 2.13. The lowest BCUT2D eigenvalue weighted by molar-refractivity contribution is -0.115. The predicted octanol–water partition coefficient (Wildman–Crippen LogP) is 1.48. The number of hydrogen-bond acceptors (Lipinski definition) is 3.